The lowest BCUT2D eigenvalue weighted by Gasteiger charge is -2.13. The van der Waals surface area contributed by atoms with Gasteiger partial charge in [0.05, 0.1) is 22.5 Å². The van der Waals surface area contributed by atoms with Crippen molar-refractivity contribution >= 4 is 29.2 Å². The van der Waals surface area contributed by atoms with Gasteiger partial charge in [-0.1, -0.05) is 36.4 Å². The zero-order chi connectivity index (χ0) is 25.1. The first-order chi connectivity index (χ1) is 16.8. The highest BCUT2D eigenvalue weighted by atomic mass is 16.6. The smallest absolute Gasteiger partial charge is 0.269 e. The van der Waals surface area contributed by atoms with Crippen molar-refractivity contribution in [2.75, 3.05) is 5.73 Å². The Morgan fingerprint density at radius 2 is 1.86 bits per heavy atom. The van der Waals surface area contributed by atoms with Gasteiger partial charge in [-0.05, 0) is 43.2 Å². The van der Waals surface area contributed by atoms with E-state index in [1.807, 2.05) is 60.9 Å². The number of aromatic nitrogens is 4. The number of anilines is 1. The number of nitrogens with two attached hydrogens (primary N) is 2. The molecule has 0 saturated heterocycles. The lowest BCUT2D eigenvalue weighted by atomic mass is 10.1. The van der Waals surface area contributed by atoms with Crippen molar-refractivity contribution in [3.8, 4) is 11.1 Å². The summed E-state index contributed by atoms with van der Waals surface area (Å²) in [4.78, 5) is 15.1. The number of non-ortho nitro benzene ring substituents is 1. The van der Waals surface area contributed by atoms with Crippen molar-refractivity contribution in [2.45, 2.75) is 20.4 Å². The molecule has 0 aliphatic rings. The molecule has 35 heavy (non-hydrogen) atoms. The van der Waals surface area contributed by atoms with Crippen molar-refractivity contribution < 1.29 is 10.0 Å². The number of hydrogen-bond donors (Lipinski definition) is 3. The van der Waals surface area contributed by atoms with E-state index >= 15 is 0 Å². The fourth-order valence-corrected chi connectivity index (χ4v) is 3.81. The number of nitrogens with zero attached hydrogens (tertiary/aromatic N) is 5. The van der Waals surface area contributed by atoms with Crippen LogP contribution in [0.25, 0.3) is 28.8 Å². The van der Waals surface area contributed by atoms with Gasteiger partial charge in [0.15, 0.2) is 5.82 Å². The number of allylic oxidation sites excluding steroid dienone is 1. The van der Waals surface area contributed by atoms with Crippen molar-refractivity contribution in [2.24, 2.45) is 5.73 Å². The van der Waals surface area contributed by atoms with Gasteiger partial charge < -0.3 is 21.1 Å². The number of rotatable bonds is 7. The Morgan fingerprint density at radius 1 is 1.17 bits per heavy atom. The van der Waals surface area contributed by atoms with E-state index < -0.39 is 4.92 Å². The predicted octanol–water partition coefficient (Wildman–Crippen LogP) is 4.43. The van der Waals surface area contributed by atoms with E-state index in [4.69, 9.17) is 11.5 Å². The Labute approximate surface area is 201 Å². The van der Waals surface area contributed by atoms with Crippen LogP contribution in [0.4, 0.5) is 11.5 Å². The Hall–Kier alpha value is -4.86. The minimum atomic E-state index is -0.479. The topological polar surface area (TPSA) is 151 Å². The van der Waals surface area contributed by atoms with E-state index in [0.717, 1.165) is 21.6 Å². The molecule has 4 aromatic rings. The molecule has 5 N–H and O–H groups in total. The highest BCUT2D eigenvalue weighted by molar-refractivity contribution is 5.81. The molecule has 0 aliphatic heterocycles. The molecule has 0 saturated carbocycles. The minimum absolute atomic E-state index is 0.00448. The Morgan fingerprint density at radius 3 is 2.49 bits per heavy atom. The molecule has 0 fully saturated rings. The number of hydrogen-bond acceptors (Lipinski definition) is 7. The van der Waals surface area contributed by atoms with E-state index in [1.54, 1.807) is 12.1 Å². The maximum atomic E-state index is 11.0. The molecular formula is C25H25N7O3. The Kier molecular flexibility index (Phi) is 6.36. The summed E-state index contributed by atoms with van der Waals surface area (Å²) >= 11 is 0. The van der Waals surface area contributed by atoms with Gasteiger partial charge in [-0.3, -0.25) is 10.1 Å². The van der Waals surface area contributed by atoms with Gasteiger partial charge in [-0.25, -0.2) is 4.98 Å². The van der Waals surface area contributed by atoms with Crippen LogP contribution in [0, 0.1) is 17.0 Å². The molecule has 0 atom stereocenters. The SMILES string of the molecule is C/C=C\c1c(C)nc(/C(N)=C(\O)n2ncc(-c3ccc([N+](=O)[O-])cc3)c2N)n1Cc1ccccc1. The van der Waals surface area contributed by atoms with Gasteiger partial charge in [-0.2, -0.15) is 9.78 Å². The molecule has 178 valence electrons. The van der Waals surface area contributed by atoms with Gasteiger partial charge in [0.2, 0.25) is 5.88 Å². The molecule has 2 aromatic carbocycles. The van der Waals surface area contributed by atoms with E-state index in [1.165, 1.54) is 18.3 Å². The molecule has 0 radical (unpaired) electrons. The molecule has 10 nitrogen and oxygen atoms in total. The number of aryl methyl sites for hydroxylation is 1. The summed E-state index contributed by atoms with van der Waals surface area (Å²) < 4.78 is 3.05. The fraction of sp³-hybridized carbons (Fsp3) is 0.120. The maximum Gasteiger partial charge on any atom is 0.269 e. The van der Waals surface area contributed by atoms with Crippen molar-refractivity contribution in [1.82, 2.24) is 19.3 Å². The number of nitrogen functional groups attached to an aromatic ring is 1. The van der Waals surface area contributed by atoms with Crippen LogP contribution in [0.1, 0.15) is 29.7 Å². The third-order valence-electron chi connectivity index (χ3n) is 5.58. The molecule has 0 spiro atoms. The van der Waals surface area contributed by atoms with E-state index in [-0.39, 0.29) is 23.1 Å². The first kappa shape index (κ1) is 23.3. The van der Waals surface area contributed by atoms with Crippen LogP contribution in [0.5, 0.6) is 0 Å². The van der Waals surface area contributed by atoms with Gasteiger partial charge in [0.25, 0.3) is 5.69 Å². The second-order valence-electron chi connectivity index (χ2n) is 7.87. The quantitative estimate of drug-likeness (QED) is 0.205. The average Bonchev–Trinajstić information content (AvgIpc) is 3.39. The summed E-state index contributed by atoms with van der Waals surface area (Å²) in [6, 6.07) is 15.7. The van der Waals surface area contributed by atoms with Crippen LogP contribution in [0.15, 0.2) is 66.9 Å². The van der Waals surface area contributed by atoms with E-state index in [0.29, 0.717) is 23.5 Å². The number of aliphatic hydroxyl groups excluding tert-OH is 1. The number of nitro groups is 1. The minimum Gasteiger partial charge on any atom is -0.492 e. The molecule has 0 amide bonds. The predicted molar refractivity (Wildman–Crippen MR) is 136 cm³/mol. The second kappa shape index (κ2) is 9.56. The average molecular weight is 472 g/mol. The fourth-order valence-electron chi connectivity index (χ4n) is 3.81. The van der Waals surface area contributed by atoms with Crippen molar-refractivity contribution in [3.63, 3.8) is 0 Å². The molecule has 10 heteroatoms. The largest absolute Gasteiger partial charge is 0.492 e. The van der Waals surface area contributed by atoms with Crippen LogP contribution >= 0.6 is 0 Å². The van der Waals surface area contributed by atoms with Gasteiger partial charge in [0.1, 0.15) is 11.5 Å². The van der Waals surface area contributed by atoms with Gasteiger partial charge >= 0.3 is 0 Å². The summed E-state index contributed by atoms with van der Waals surface area (Å²) in [6.07, 6.45) is 5.32. The molecular weight excluding hydrogens is 446 g/mol. The summed E-state index contributed by atoms with van der Waals surface area (Å²) in [5, 5.41) is 26.2. The zero-order valence-corrected chi connectivity index (χ0v) is 19.3. The summed E-state index contributed by atoms with van der Waals surface area (Å²) in [7, 11) is 0. The van der Waals surface area contributed by atoms with Crippen LogP contribution in [0.2, 0.25) is 0 Å². The number of imidazole rings is 1. The Balaban J connectivity index is 1.77. The summed E-state index contributed by atoms with van der Waals surface area (Å²) in [5.74, 6) is 0.136. The van der Waals surface area contributed by atoms with Crippen molar-refractivity contribution in [3.05, 3.63) is 99.8 Å². The van der Waals surface area contributed by atoms with Crippen LogP contribution in [-0.4, -0.2) is 29.4 Å². The zero-order valence-electron chi connectivity index (χ0n) is 19.3. The normalized spacial score (nSPS) is 12.2. The maximum absolute atomic E-state index is 11.0. The van der Waals surface area contributed by atoms with Crippen LogP contribution in [0.3, 0.4) is 0 Å². The summed E-state index contributed by atoms with van der Waals surface area (Å²) in [6.45, 7) is 4.28. The van der Waals surface area contributed by atoms with Crippen LogP contribution < -0.4 is 11.5 Å². The van der Waals surface area contributed by atoms with Gasteiger partial charge in [-0.15, -0.1) is 0 Å². The lowest BCUT2D eigenvalue weighted by Crippen LogP contribution is -2.15. The molecule has 4 rings (SSSR count). The van der Waals surface area contributed by atoms with E-state index in [2.05, 4.69) is 10.1 Å². The highest BCUT2D eigenvalue weighted by Crippen LogP contribution is 2.30. The second-order valence-corrected chi connectivity index (χ2v) is 7.87. The number of nitro benzene ring substituents is 1. The molecule has 0 bridgehead atoms. The molecule has 2 aromatic heterocycles. The standard InChI is InChI=1S/C25H25N7O3/c1-3-7-21-16(2)29-24(30(21)15-17-8-5-4-6-9-17)22(26)25(33)31-23(27)20(14-28-31)18-10-12-19(13-11-18)32(34)35/h3-14,33H,15,26-27H2,1-2H3/b7-3-,25-22+. The molecule has 2 heterocycles. The third-order valence-corrected chi connectivity index (χ3v) is 5.58. The molecule has 0 unspecified atom stereocenters. The third kappa shape index (κ3) is 4.49. The monoisotopic (exact) mass is 471 g/mol. The summed E-state index contributed by atoms with van der Waals surface area (Å²) in [5.41, 5.74) is 16.4. The van der Waals surface area contributed by atoms with Crippen molar-refractivity contribution in [1.29, 1.82) is 0 Å². The first-order valence-corrected chi connectivity index (χ1v) is 10.8. The molecule has 0 aliphatic carbocycles. The number of aliphatic hydroxyl groups is 1. The van der Waals surface area contributed by atoms with E-state index in [9.17, 15) is 15.2 Å². The van der Waals surface area contributed by atoms with Crippen LogP contribution in [-0.2, 0) is 6.54 Å². The Bertz CT molecular complexity index is 1430. The first-order valence-electron chi connectivity index (χ1n) is 10.8. The lowest BCUT2D eigenvalue weighted by molar-refractivity contribution is -0.384. The number of benzene rings is 2. The highest BCUT2D eigenvalue weighted by Gasteiger charge is 2.21. The van der Waals surface area contributed by atoms with Gasteiger partial charge in [0, 0.05) is 24.2 Å².